The predicted octanol–water partition coefficient (Wildman–Crippen LogP) is 3.46. The third-order valence-corrected chi connectivity index (χ3v) is 2.01. The second-order valence-electron chi connectivity index (χ2n) is 3.31. The third-order valence-electron chi connectivity index (χ3n) is 2.01. The SMILES string of the molecule is COC(=O)O/C(=C/Cc1ccccc1)C(F)(F)F. The van der Waals surface area contributed by atoms with Gasteiger partial charge in [-0.05, 0) is 18.1 Å². The molecule has 0 bridgehead atoms. The molecule has 1 rings (SSSR count). The molecular formula is C12H11F3O3. The molecule has 18 heavy (non-hydrogen) atoms. The highest BCUT2D eigenvalue weighted by Crippen LogP contribution is 2.27. The number of allylic oxidation sites excluding steroid dienone is 2. The first-order chi connectivity index (χ1) is 8.43. The van der Waals surface area contributed by atoms with Crippen LogP contribution in [-0.4, -0.2) is 19.4 Å². The van der Waals surface area contributed by atoms with E-state index >= 15 is 0 Å². The lowest BCUT2D eigenvalue weighted by Crippen LogP contribution is -2.18. The van der Waals surface area contributed by atoms with Gasteiger partial charge >= 0.3 is 12.3 Å². The van der Waals surface area contributed by atoms with Crippen molar-refractivity contribution in [3.05, 3.63) is 47.7 Å². The fourth-order valence-corrected chi connectivity index (χ4v) is 1.17. The molecular weight excluding hydrogens is 249 g/mol. The van der Waals surface area contributed by atoms with Crippen LogP contribution in [0, 0.1) is 0 Å². The van der Waals surface area contributed by atoms with Gasteiger partial charge in [0.25, 0.3) is 0 Å². The molecule has 0 heterocycles. The number of benzene rings is 1. The number of ether oxygens (including phenoxy) is 2. The number of rotatable bonds is 3. The minimum absolute atomic E-state index is 0.00662. The van der Waals surface area contributed by atoms with Crippen molar-refractivity contribution < 1.29 is 27.4 Å². The van der Waals surface area contributed by atoms with E-state index in [9.17, 15) is 18.0 Å². The Kier molecular flexibility index (Phi) is 4.76. The summed E-state index contributed by atoms with van der Waals surface area (Å²) in [4.78, 5) is 10.7. The zero-order chi connectivity index (χ0) is 13.6. The molecule has 0 N–H and O–H groups in total. The average Bonchev–Trinajstić information content (AvgIpc) is 2.34. The molecule has 0 amide bonds. The van der Waals surface area contributed by atoms with E-state index in [0.717, 1.165) is 13.2 Å². The summed E-state index contributed by atoms with van der Waals surface area (Å²) in [5.74, 6) is -1.38. The molecule has 0 saturated heterocycles. The summed E-state index contributed by atoms with van der Waals surface area (Å²) in [7, 11) is 0.938. The summed E-state index contributed by atoms with van der Waals surface area (Å²) in [6.07, 6.45) is -5.33. The van der Waals surface area contributed by atoms with E-state index in [1.54, 1.807) is 30.3 Å². The molecule has 0 atom stereocenters. The number of halogens is 3. The van der Waals surface area contributed by atoms with E-state index < -0.39 is 18.1 Å². The van der Waals surface area contributed by atoms with E-state index in [0.29, 0.717) is 5.56 Å². The van der Waals surface area contributed by atoms with Gasteiger partial charge in [-0.3, -0.25) is 0 Å². The smallest absolute Gasteiger partial charge is 0.437 e. The minimum atomic E-state index is -4.73. The van der Waals surface area contributed by atoms with Crippen molar-refractivity contribution in [1.82, 2.24) is 0 Å². The second kappa shape index (κ2) is 6.09. The molecule has 0 saturated carbocycles. The molecule has 0 fully saturated rings. The normalized spacial score (nSPS) is 12.1. The van der Waals surface area contributed by atoms with E-state index in [4.69, 9.17) is 0 Å². The van der Waals surface area contributed by atoms with Crippen molar-refractivity contribution in [1.29, 1.82) is 0 Å². The Labute approximate surface area is 102 Å². The minimum Gasteiger partial charge on any atom is -0.437 e. The van der Waals surface area contributed by atoms with Crippen LogP contribution >= 0.6 is 0 Å². The van der Waals surface area contributed by atoms with E-state index in [-0.39, 0.29) is 6.42 Å². The molecule has 0 spiro atoms. The number of carbonyl (C=O) groups excluding carboxylic acids is 1. The summed E-state index contributed by atoms with van der Waals surface area (Å²) in [5, 5.41) is 0. The fourth-order valence-electron chi connectivity index (χ4n) is 1.17. The van der Waals surface area contributed by atoms with Crippen LogP contribution in [0.3, 0.4) is 0 Å². The van der Waals surface area contributed by atoms with Crippen LogP contribution < -0.4 is 0 Å². The highest BCUT2D eigenvalue weighted by Gasteiger charge is 2.37. The lowest BCUT2D eigenvalue weighted by atomic mass is 10.1. The van der Waals surface area contributed by atoms with Crippen LogP contribution in [-0.2, 0) is 15.9 Å². The van der Waals surface area contributed by atoms with Crippen LogP contribution in [0.2, 0.25) is 0 Å². The van der Waals surface area contributed by atoms with Crippen LogP contribution in [0.5, 0.6) is 0 Å². The number of hydrogen-bond acceptors (Lipinski definition) is 3. The van der Waals surface area contributed by atoms with Gasteiger partial charge in [0.05, 0.1) is 7.11 Å². The number of alkyl halides is 3. The Morgan fingerprint density at radius 1 is 1.28 bits per heavy atom. The fraction of sp³-hybridized carbons (Fsp3) is 0.250. The monoisotopic (exact) mass is 260 g/mol. The predicted molar refractivity (Wildman–Crippen MR) is 57.8 cm³/mol. The lowest BCUT2D eigenvalue weighted by Gasteiger charge is -2.10. The molecule has 6 heteroatoms. The molecule has 1 aromatic rings. The molecule has 0 radical (unpaired) electrons. The standard InChI is InChI=1S/C12H11F3O3/c1-17-11(16)18-10(12(13,14)15)8-7-9-5-3-2-4-6-9/h2-6,8H,7H2,1H3/b10-8+. The van der Waals surface area contributed by atoms with Gasteiger partial charge in [-0.1, -0.05) is 30.3 Å². The second-order valence-corrected chi connectivity index (χ2v) is 3.31. The van der Waals surface area contributed by atoms with Crippen LogP contribution in [0.4, 0.5) is 18.0 Å². The van der Waals surface area contributed by atoms with Crippen molar-refractivity contribution in [2.45, 2.75) is 12.6 Å². The Hall–Kier alpha value is -1.98. The number of carbonyl (C=O) groups is 1. The lowest BCUT2D eigenvalue weighted by molar-refractivity contribution is -0.125. The topological polar surface area (TPSA) is 35.5 Å². The van der Waals surface area contributed by atoms with Gasteiger partial charge in [0.1, 0.15) is 0 Å². The maximum atomic E-state index is 12.5. The van der Waals surface area contributed by atoms with Gasteiger partial charge in [-0.2, -0.15) is 13.2 Å². The highest BCUT2D eigenvalue weighted by molar-refractivity contribution is 5.61. The summed E-state index contributed by atoms with van der Waals surface area (Å²) >= 11 is 0. The van der Waals surface area contributed by atoms with Gasteiger partial charge in [0.2, 0.25) is 5.76 Å². The van der Waals surface area contributed by atoms with Gasteiger partial charge in [0.15, 0.2) is 0 Å². The van der Waals surface area contributed by atoms with Crippen molar-refractivity contribution in [3.63, 3.8) is 0 Å². The van der Waals surface area contributed by atoms with E-state index in [1.165, 1.54) is 0 Å². The van der Waals surface area contributed by atoms with Gasteiger partial charge in [-0.25, -0.2) is 4.79 Å². The first-order valence-corrected chi connectivity index (χ1v) is 5.00. The molecule has 0 aliphatic heterocycles. The number of hydrogen-bond donors (Lipinski definition) is 0. The van der Waals surface area contributed by atoms with Gasteiger partial charge < -0.3 is 9.47 Å². The zero-order valence-corrected chi connectivity index (χ0v) is 9.53. The molecule has 0 aliphatic carbocycles. The van der Waals surface area contributed by atoms with Crippen LogP contribution in [0.1, 0.15) is 5.56 Å². The average molecular weight is 260 g/mol. The third kappa shape index (κ3) is 4.48. The molecule has 0 aromatic heterocycles. The van der Waals surface area contributed by atoms with Crippen molar-refractivity contribution in [2.75, 3.05) is 7.11 Å². The summed E-state index contributed by atoms with van der Waals surface area (Å²) in [6, 6.07) is 8.50. The Morgan fingerprint density at radius 2 is 1.89 bits per heavy atom. The van der Waals surface area contributed by atoms with Crippen molar-refractivity contribution in [3.8, 4) is 0 Å². The van der Waals surface area contributed by atoms with Crippen molar-refractivity contribution >= 4 is 6.16 Å². The first-order valence-electron chi connectivity index (χ1n) is 5.00. The number of methoxy groups -OCH3 is 1. The Balaban J connectivity index is 2.80. The maximum Gasteiger partial charge on any atom is 0.513 e. The first kappa shape index (κ1) is 14.1. The molecule has 0 unspecified atom stereocenters. The van der Waals surface area contributed by atoms with Crippen LogP contribution in [0.15, 0.2) is 42.2 Å². The summed E-state index contributed by atoms with van der Waals surface area (Å²) < 4.78 is 45.6. The van der Waals surface area contributed by atoms with Gasteiger partial charge in [-0.15, -0.1) is 0 Å². The van der Waals surface area contributed by atoms with Crippen molar-refractivity contribution in [2.24, 2.45) is 0 Å². The molecule has 0 aliphatic rings. The molecule has 1 aromatic carbocycles. The molecule has 3 nitrogen and oxygen atoms in total. The van der Waals surface area contributed by atoms with E-state index in [2.05, 4.69) is 9.47 Å². The Bertz CT molecular complexity index is 424. The summed E-state index contributed by atoms with van der Waals surface area (Å²) in [6.45, 7) is 0. The quantitative estimate of drug-likeness (QED) is 0.616. The van der Waals surface area contributed by atoms with Crippen LogP contribution in [0.25, 0.3) is 0 Å². The van der Waals surface area contributed by atoms with Gasteiger partial charge in [0, 0.05) is 0 Å². The zero-order valence-electron chi connectivity index (χ0n) is 9.53. The van der Waals surface area contributed by atoms with E-state index in [1.807, 2.05) is 0 Å². The molecule has 98 valence electrons. The highest BCUT2D eigenvalue weighted by atomic mass is 19.4. The Morgan fingerprint density at radius 3 is 2.39 bits per heavy atom. The largest absolute Gasteiger partial charge is 0.513 e. The maximum absolute atomic E-state index is 12.5. The summed E-state index contributed by atoms with van der Waals surface area (Å²) in [5.41, 5.74) is 0.674.